The molecular weight excluding hydrogens is 351 g/mol. The fraction of sp³-hybridized carbons (Fsp3) is 0.450. The molecule has 5 heteroatoms. The van der Waals surface area contributed by atoms with E-state index in [1.807, 2.05) is 12.1 Å². The van der Waals surface area contributed by atoms with Gasteiger partial charge < -0.3 is 4.74 Å². The number of rotatable bonds is 9. The number of hydrogen-bond acceptors (Lipinski definition) is 4. The van der Waals surface area contributed by atoms with Gasteiger partial charge in [-0.25, -0.2) is 0 Å². The Morgan fingerprint density at radius 3 is 2.56 bits per heavy atom. The van der Waals surface area contributed by atoms with Gasteiger partial charge in [-0.05, 0) is 42.2 Å². The molecule has 0 aliphatic rings. The normalized spacial score (nSPS) is 13.0. The summed E-state index contributed by atoms with van der Waals surface area (Å²) in [5.41, 5.74) is 0.529. The fourth-order valence-corrected chi connectivity index (χ4v) is 5.53. The summed E-state index contributed by atoms with van der Waals surface area (Å²) in [6.07, 6.45) is 1.13. The highest BCUT2D eigenvalue weighted by atomic mass is 32.2. The highest BCUT2D eigenvalue weighted by molar-refractivity contribution is 8.03. The van der Waals surface area contributed by atoms with Crippen molar-refractivity contribution in [2.45, 2.75) is 32.1 Å². The van der Waals surface area contributed by atoms with Crippen molar-refractivity contribution in [2.24, 2.45) is 11.8 Å². The molecule has 2 aromatic rings. The summed E-state index contributed by atoms with van der Waals surface area (Å²) in [4.78, 5) is 13.2. The smallest absolute Gasteiger partial charge is 0.350 e. The molecular formula is C20H26O3PS+. The molecule has 0 aliphatic heterocycles. The standard InChI is InChI=1S/C20H26O3PS/c1-4-23-20(21)18(11-15(2)3)13-24(22)14-25-19-10-9-16-7-5-6-8-17(16)12-19/h5-10,12,15,18H,4,11,13-14H2,1-3H3/q+1. The van der Waals surface area contributed by atoms with Crippen LogP contribution in [0.3, 0.4) is 0 Å². The van der Waals surface area contributed by atoms with Crippen molar-refractivity contribution in [3.05, 3.63) is 42.5 Å². The maximum Gasteiger partial charge on any atom is 0.350 e. The second-order valence-corrected chi connectivity index (χ2v) is 9.65. The first-order valence-electron chi connectivity index (χ1n) is 8.70. The molecule has 25 heavy (non-hydrogen) atoms. The first-order valence-corrected chi connectivity index (χ1v) is 11.3. The van der Waals surface area contributed by atoms with Crippen LogP contribution in [0.5, 0.6) is 0 Å². The van der Waals surface area contributed by atoms with E-state index in [0.717, 1.165) is 11.3 Å². The number of thioether (sulfide) groups is 1. The molecule has 2 atom stereocenters. The lowest BCUT2D eigenvalue weighted by molar-refractivity contribution is -0.147. The molecule has 2 unspecified atom stereocenters. The van der Waals surface area contributed by atoms with Crippen molar-refractivity contribution in [1.29, 1.82) is 0 Å². The van der Waals surface area contributed by atoms with E-state index in [1.54, 1.807) is 18.7 Å². The van der Waals surface area contributed by atoms with Gasteiger partial charge in [0, 0.05) is 4.90 Å². The highest BCUT2D eigenvalue weighted by Crippen LogP contribution is 2.35. The molecule has 0 aromatic heterocycles. The lowest BCUT2D eigenvalue weighted by Crippen LogP contribution is -2.22. The van der Waals surface area contributed by atoms with Crippen LogP contribution < -0.4 is 0 Å². The summed E-state index contributed by atoms with van der Waals surface area (Å²) in [7, 11) is -1.45. The van der Waals surface area contributed by atoms with Gasteiger partial charge in [-0.1, -0.05) is 60.5 Å². The summed E-state index contributed by atoms with van der Waals surface area (Å²) in [5, 5.41) is 2.39. The van der Waals surface area contributed by atoms with Gasteiger partial charge in [-0.15, -0.1) is 0 Å². The van der Waals surface area contributed by atoms with Gasteiger partial charge in [0.15, 0.2) is 11.7 Å². The van der Waals surface area contributed by atoms with Crippen LogP contribution >= 0.6 is 19.6 Å². The van der Waals surface area contributed by atoms with E-state index >= 15 is 0 Å². The van der Waals surface area contributed by atoms with Crippen LogP contribution in [0.1, 0.15) is 27.2 Å². The zero-order valence-electron chi connectivity index (χ0n) is 15.1. The van der Waals surface area contributed by atoms with Crippen molar-refractivity contribution < 1.29 is 14.1 Å². The van der Waals surface area contributed by atoms with Crippen molar-refractivity contribution in [3.8, 4) is 0 Å². The summed E-state index contributed by atoms with van der Waals surface area (Å²) in [6, 6.07) is 14.5. The minimum atomic E-state index is -1.45. The molecule has 3 nitrogen and oxygen atoms in total. The summed E-state index contributed by atoms with van der Waals surface area (Å²) in [5.74, 6) is -0.0954. The number of hydrogen-bond donors (Lipinski definition) is 0. The lowest BCUT2D eigenvalue weighted by atomic mass is 9.99. The summed E-state index contributed by atoms with van der Waals surface area (Å²) >= 11 is 1.59. The zero-order chi connectivity index (χ0) is 18.2. The Kier molecular flexibility index (Phi) is 7.92. The van der Waals surface area contributed by atoms with E-state index in [-0.39, 0.29) is 11.9 Å². The SMILES string of the molecule is CCOC(=O)C(CC(C)C)C[P+](=O)CSc1ccc2ccccc2c1. The van der Waals surface area contributed by atoms with Gasteiger partial charge in [0.2, 0.25) is 0 Å². The number of esters is 1. The van der Waals surface area contributed by atoms with Gasteiger partial charge in [0.05, 0.1) is 6.61 Å². The molecule has 2 rings (SSSR count). The van der Waals surface area contributed by atoms with E-state index in [2.05, 4.69) is 44.2 Å². The summed E-state index contributed by atoms with van der Waals surface area (Å²) < 4.78 is 17.6. The van der Waals surface area contributed by atoms with Crippen LogP contribution in [0.15, 0.2) is 47.4 Å². The molecule has 0 bridgehead atoms. The topological polar surface area (TPSA) is 43.4 Å². The molecule has 0 radical (unpaired) electrons. The third-order valence-corrected chi connectivity index (χ3v) is 7.00. The maximum atomic E-state index is 12.5. The van der Waals surface area contributed by atoms with Crippen molar-refractivity contribution in [2.75, 3.05) is 18.3 Å². The van der Waals surface area contributed by atoms with E-state index < -0.39 is 7.80 Å². The molecule has 0 saturated heterocycles. The predicted octanol–water partition coefficient (Wildman–Crippen LogP) is 5.94. The molecule has 0 amide bonds. The summed E-state index contributed by atoms with van der Waals surface area (Å²) in [6.45, 7) is 6.32. The van der Waals surface area contributed by atoms with Gasteiger partial charge in [0.1, 0.15) is 5.92 Å². The van der Waals surface area contributed by atoms with Crippen LogP contribution in [0.2, 0.25) is 0 Å². The maximum absolute atomic E-state index is 12.5. The first kappa shape index (κ1) is 19.9. The van der Waals surface area contributed by atoms with Crippen molar-refractivity contribution in [1.82, 2.24) is 0 Å². The number of carbonyl (C=O) groups excluding carboxylic acids is 1. The van der Waals surface area contributed by atoms with Gasteiger partial charge in [-0.2, -0.15) is 0 Å². The number of ether oxygens (including phenoxy) is 1. The fourth-order valence-electron chi connectivity index (χ4n) is 2.78. The van der Waals surface area contributed by atoms with Crippen LogP contribution in [-0.4, -0.2) is 24.2 Å². The molecule has 0 N–H and O–H groups in total. The molecule has 0 saturated carbocycles. The van der Waals surface area contributed by atoms with Crippen LogP contribution in [0, 0.1) is 11.8 Å². The Hall–Kier alpha value is -1.38. The number of benzene rings is 2. The molecule has 0 heterocycles. The van der Waals surface area contributed by atoms with Gasteiger partial charge in [0.25, 0.3) is 0 Å². The zero-order valence-corrected chi connectivity index (χ0v) is 16.8. The number of carbonyl (C=O) groups is 1. The average molecular weight is 377 g/mol. The van der Waals surface area contributed by atoms with Gasteiger partial charge >= 0.3 is 13.8 Å². The predicted molar refractivity (Wildman–Crippen MR) is 107 cm³/mol. The van der Waals surface area contributed by atoms with Crippen molar-refractivity contribution in [3.63, 3.8) is 0 Å². The van der Waals surface area contributed by atoms with Crippen molar-refractivity contribution >= 4 is 36.3 Å². The average Bonchev–Trinajstić information content (AvgIpc) is 2.59. The second kappa shape index (κ2) is 9.94. The van der Waals surface area contributed by atoms with Gasteiger partial charge in [-0.3, -0.25) is 4.79 Å². The minimum absolute atomic E-state index is 0.213. The van der Waals surface area contributed by atoms with Crippen LogP contribution in [0.4, 0.5) is 0 Å². The Morgan fingerprint density at radius 1 is 1.16 bits per heavy atom. The molecule has 0 spiro atoms. The van der Waals surface area contributed by atoms with Crippen LogP contribution in [0.25, 0.3) is 10.8 Å². The molecule has 0 aliphatic carbocycles. The Labute approximate surface area is 155 Å². The quantitative estimate of drug-likeness (QED) is 0.308. The Bertz CT molecular complexity index is 730. The molecule has 2 aromatic carbocycles. The highest BCUT2D eigenvalue weighted by Gasteiger charge is 2.30. The third kappa shape index (κ3) is 6.45. The largest absolute Gasteiger partial charge is 0.466 e. The van der Waals surface area contributed by atoms with Crippen LogP contribution in [-0.2, 0) is 14.1 Å². The van der Waals surface area contributed by atoms with E-state index in [9.17, 15) is 9.36 Å². The monoisotopic (exact) mass is 377 g/mol. The van der Waals surface area contributed by atoms with E-state index in [0.29, 0.717) is 24.2 Å². The second-order valence-electron chi connectivity index (χ2n) is 6.53. The first-order chi connectivity index (χ1) is 12.0. The molecule has 134 valence electrons. The Balaban J connectivity index is 1.93. The number of fused-ring (bicyclic) bond motifs is 1. The minimum Gasteiger partial charge on any atom is -0.466 e. The molecule has 0 fully saturated rings. The van der Waals surface area contributed by atoms with E-state index in [4.69, 9.17) is 4.74 Å². The van der Waals surface area contributed by atoms with E-state index in [1.165, 1.54) is 10.8 Å². The third-order valence-electron chi connectivity index (χ3n) is 3.90. The Morgan fingerprint density at radius 2 is 1.88 bits per heavy atom. The lowest BCUT2D eigenvalue weighted by Gasteiger charge is -2.13.